The van der Waals surface area contributed by atoms with Crippen molar-refractivity contribution in [2.24, 2.45) is 5.73 Å². The van der Waals surface area contributed by atoms with Gasteiger partial charge in [0.25, 0.3) is 0 Å². The number of aryl methyl sites for hydroxylation is 1. The van der Waals surface area contributed by atoms with Gasteiger partial charge in [-0.15, -0.1) is 0 Å². The number of benzene rings is 5. The zero-order chi connectivity index (χ0) is 36.0. The van der Waals surface area contributed by atoms with Gasteiger partial charge in [-0.05, 0) is 70.3 Å². The number of urea groups is 1. The fourth-order valence-electron chi connectivity index (χ4n) is 6.26. The summed E-state index contributed by atoms with van der Waals surface area (Å²) in [5.74, 6) is 0. The Bertz CT molecular complexity index is 2230. The van der Waals surface area contributed by atoms with Gasteiger partial charge < -0.3 is 11.1 Å². The van der Waals surface area contributed by atoms with Crippen molar-refractivity contribution < 1.29 is 4.79 Å². The standard InChI is InChI=1S/2C14H11ClN2.C14H20N2O/c15-13-7-4-8-14-12(13)9-16-17(14)10-11-5-2-1-3-6-11;15-13-7-4-8-14-12(13)10-17(16-14)9-11-5-2-1-3-6-11;1-14(2,3)10-5-6-11-9(8-10)4-7-12(11)16-13(15)17/h1-9H,10H2;1-8,10H,9H2;5-6,8,12H,4,7H2,1-3H3,(H3,15,16,17)/t;;12-/m..1/s1. The fraction of sp³-hybridized carbons (Fsp3) is 0.214. The van der Waals surface area contributed by atoms with Gasteiger partial charge in [0.05, 0.1) is 46.4 Å². The zero-order valence-corrected chi connectivity index (χ0v) is 30.6. The van der Waals surface area contributed by atoms with Gasteiger partial charge in [-0.1, -0.05) is 135 Å². The van der Waals surface area contributed by atoms with E-state index in [-0.39, 0.29) is 11.5 Å². The van der Waals surface area contributed by atoms with Crippen LogP contribution in [0.3, 0.4) is 0 Å². The number of nitrogens with zero attached hydrogens (tertiary/aromatic N) is 4. The first kappa shape index (κ1) is 35.7. The Morgan fingerprint density at radius 1 is 0.824 bits per heavy atom. The lowest BCUT2D eigenvalue weighted by Crippen LogP contribution is -2.32. The Morgan fingerprint density at radius 3 is 2.12 bits per heavy atom. The van der Waals surface area contributed by atoms with Crippen LogP contribution in [0.4, 0.5) is 4.79 Å². The summed E-state index contributed by atoms with van der Waals surface area (Å²) >= 11 is 12.2. The Hall–Kier alpha value is -5.11. The van der Waals surface area contributed by atoms with Crippen LogP contribution in [0.25, 0.3) is 21.8 Å². The fourth-order valence-corrected chi connectivity index (χ4v) is 6.70. The molecule has 260 valence electrons. The minimum absolute atomic E-state index is 0.0940. The molecule has 0 radical (unpaired) electrons. The van der Waals surface area contributed by atoms with Crippen molar-refractivity contribution in [3.8, 4) is 0 Å². The molecule has 9 heteroatoms. The van der Waals surface area contributed by atoms with Crippen LogP contribution < -0.4 is 11.1 Å². The lowest BCUT2D eigenvalue weighted by molar-refractivity contribution is 0.245. The van der Waals surface area contributed by atoms with Crippen molar-refractivity contribution in [2.75, 3.05) is 0 Å². The van der Waals surface area contributed by atoms with E-state index >= 15 is 0 Å². The highest BCUT2D eigenvalue weighted by molar-refractivity contribution is 6.35. The molecule has 0 unspecified atom stereocenters. The van der Waals surface area contributed by atoms with Crippen molar-refractivity contribution in [3.63, 3.8) is 0 Å². The average molecular weight is 718 g/mol. The number of carbonyl (C=O) groups is 1. The summed E-state index contributed by atoms with van der Waals surface area (Å²) in [6.45, 7) is 8.17. The van der Waals surface area contributed by atoms with Gasteiger partial charge in [-0.2, -0.15) is 10.2 Å². The maximum absolute atomic E-state index is 10.9. The minimum atomic E-state index is -0.442. The van der Waals surface area contributed by atoms with Crippen LogP contribution in [0.5, 0.6) is 0 Å². The van der Waals surface area contributed by atoms with E-state index in [1.165, 1.54) is 27.8 Å². The van der Waals surface area contributed by atoms with Gasteiger partial charge in [-0.25, -0.2) is 4.79 Å². The van der Waals surface area contributed by atoms with Crippen molar-refractivity contribution in [3.05, 3.63) is 166 Å². The van der Waals surface area contributed by atoms with Crippen LogP contribution in [0, 0.1) is 0 Å². The number of halogens is 2. The third-order valence-corrected chi connectivity index (χ3v) is 9.60. The van der Waals surface area contributed by atoms with Crippen molar-refractivity contribution in [1.82, 2.24) is 24.9 Å². The van der Waals surface area contributed by atoms with E-state index in [2.05, 4.69) is 78.7 Å². The molecule has 51 heavy (non-hydrogen) atoms. The molecule has 0 saturated carbocycles. The highest BCUT2D eigenvalue weighted by atomic mass is 35.5. The molecule has 2 heterocycles. The summed E-state index contributed by atoms with van der Waals surface area (Å²) in [6, 6.07) is 38.4. The number of primary amides is 1. The first-order chi connectivity index (χ1) is 24.5. The van der Waals surface area contributed by atoms with Gasteiger partial charge in [0.2, 0.25) is 0 Å². The average Bonchev–Trinajstić information content (AvgIpc) is 3.84. The predicted molar refractivity (Wildman–Crippen MR) is 209 cm³/mol. The van der Waals surface area contributed by atoms with Crippen LogP contribution in [-0.4, -0.2) is 25.6 Å². The number of hydrogen-bond acceptors (Lipinski definition) is 3. The Balaban J connectivity index is 0.000000132. The first-order valence-corrected chi connectivity index (χ1v) is 17.8. The Morgan fingerprint density at radius 2 is 1.47 bits per heavy atom. The molecule has 2 aromatic heterocycles. The predicted octanol–water partition coefficient (Wildman–Crippen LogP) is 10.1. The van der Waals surface area contributed by atoms with Crippen LogP contribution in [0.2, 0.25) is 10.0 Å². The molecule has 0 fully saturated rings. The molecule has 0 aliphatic heterocycles. The van der Waals surface area contributed by atoms with E-state index in [9.17, 15) is 4.79 Å². The number of nitrogens with two attached hydrogens (primary N) is 1. The van der Waals surface area contributed by atoms with Crippen molar-refractivity contribution >= 4 is 51.0 Å². The van der Waals surface area contributed by atoms with Gasteiger partial charge in [0.1, 0.15) is 0 Å². The topological polar surface area (TPSA) is 90.8 Å². The van der Waals surface area contributed by atoms with E-state index in [0.717, 1.165) is 57.8 Å². The van der Waals surface area contributed by atoms with E-state index in [4.69, 9.17) is 28.9 Å². The normalized spacial score (nSPS) is 13.5. The summed E-state index contributed by atoms with van der Waals surface area (Å²) in [7, 11) is 0. The molecule has 3 N–H and O–H groups in total. The number of aromatic nitrogens is 4. The minimum Gasteiger partial charge on any atom is -0.352 e. The second-order valence-electron chi connectivity index (χ2n) is 13.7. The zero-order valence-electron chi connectivity index (χ0n) is 29.1. The van der Waals surface area contributed by atoms with Crippen LogP contribution in [0.15, 0.2) is 128 Å². The third kappa shape index (κ3) is 8.98. The van der Waals surface area contributed by atoms with Crippen LogP contribution >= 0.6 is 23.2 Å². The summed E-state index contributed by atoms with van der Waals surface area (Å²) in [6.07, 6.45) is 5.78. The van der Waals surface area contributed by atoms with Gasteiger partial charge in [0, 0.05) is 17.0 Å². The monoisotopic (exact) mass is 716 g/mol. The Labute approximate surface area is 309 Å². The second-order valence-corrected chi connectivity index (χ2v) is 14.5. The summed E-state index contributed by atoms with van der Waals surface area (Å²) in [4.78, 5) is 10.9. The molecule has 1 atom stereocenters. The van der Waals surface area contributed by atoms with E-state index in [0.29, 0.717) is 0 Å². The molecule has 7 aromatic rings. The smallest absolute Gasteiger partial charge is 0.312 e. The van der Waals surface area contributed by atoms with E-state index < -0.39 is 6.03 Å². The number of amides is 2. The first-order valence-electron chi connectivity index (χ1n) is 17.0. The third-order valence-electron chi connectivity index (χ3n) is 8.94. The SMILES string of the molecule is CC(C)(C)c1ccc2c(c1)CC[C@H]2NC(N)=O.Clc1cccc2c1cnn2Cc1ccccc1.Clc1cccc2nn(Cc3ccccc3)cc12. The second kappa shape index (κ2) is 15.8. The summed E-state index contributed by atoms with van der Waals surface area (Å²) in [5.41, 5.74) is 13.7. The number of rotatable bonds is 5. The number of fused-ring (bicyclic) bond motifs is 3. The number of hydrogen-bond donors (Lipinski definition) is 2. The van der Waals surface area contributed by atoms with Crippen LogP contribution in [0.1, 0.15) is 61.1 Å². The maximum Gasteiger partial charge on any atom is 0.312 e. The van der Waals surface area contributed by atoms with E-state index in [1.807, 2.05) is 94.6 Å². The molecule has 1 aliphatic rings. The van der Waals surface area contributed by atoms with Crippen LogP contribution in [-0.2, 0) is 24.9 Å². The molecule has 5 aromatic carbocycles. The molecular formula is C42H42Cl2N6O. The number of carbonyl (C=O) groups excluding carboxylic acids is 1. The molecule has 7 nitrogen and oxygen atoms in total. The number of nitrogens with one attached hydrogen (secondary N) is 1. The van der Waals surface area contributed by atoms with Gasteiger partial charge in [0.15, 0.2) is 0 Å². The highest BCUT2D eigenvalue weighted by Gasteiger charge is 2.25. The van der Waals surface area contributed by atoms with Gasteiger partial charge >= 0.3 is 6.03 Å². The van der Waals surface area contributed by atoms with Crippen molar-refractivity contribution in [2.45, 2.75) is 58.2 Å². The Kier molecular flexibility index (Phi) is 11.1. The molecule has 2 amide bonds. The largest absolute Gasteiger partial charge is 0.352 e. The van der Waals surface area contributed by atoms with E-state index in [1.54, 1.807) is 0 Å². The molecule has 8 rings (SSSR count). The molecular weight excluding hydrogens is 675 g/mol. The molecule has 0 saturated heterocycles. The highest BCUT2D eigenvalue weighted by Crippen LogP contribution is 2.34. The molecule has 1 aliphatic carbocycles. The van der Waals surface area contributed by atoms with Gasteiger partial charge in [-0.3, -0.25) is 9.36 Å². The summed E-state index contributed by atoms with van der Waals surface area (Å²) in [5, 5.41) is 15.2. The van der Waals surface area contributed by atoms with Crippen molar-refractivity contribution in [1.29, 1.82) is 0 Å². The molecule has 0 bridgehead atoms. The quantitative estimate of drug-likeness (QED) is 0.186. The lowest BCUT2D eigenvalue weighted by atomic mass is 9.85. The molecule has 0 spiro atoms. The lowest BCUT2D eigenvalue weighted by Gasteiger charge is -2.20. The summed E-state index contributed by atoms with van der Waals surface area (Å²) < 4.78 is 3.89. The maximum atomic E-state index is 10.9.